The van der Waals surface area contributed by atoms with E-state index in [1.807, 2.05) is 0 Å². The molecule has 4 rings (SSSR count). The van der Waals surface area contributed by atoms with Gasteiger partial charge >= 0.3 is 12.0 Å². The number of carboxylic acid groups (broad SMARTS) is 1. The molecule has 0 fully saturated rings. The average Bonchev–Trinajstić information content (AvgIpc) is 3.36. The molecule has 0 spiro atoms. The van der Waals surface area contributed by atoms with Gasteiger partial charge in [0.15, 0.2) is 0 Å². The summed E-state index contributed by atoms with van der Waals surface area (Å²) in [4.78, 5) is 35.9. The number of nitrogens with one attached hydrogen (secondary N) is 3. The minimum absolute atomic E-state index is 0.112. The standard InChI is InChI=1S/C24H27N3O4/c1-14(28)25-18-8-2-5-15(11-18)12-21(23(29)30)26-24(31)27-22-19-9-3-6-16(19)13-17-7-4-10-20(17)22/h2,5,8,11,13,21H,3-4,6-7,9-10,12H2,1H3,(H,25,28)(H,29,30)(H2,26,27,31)/t21-/m1/s1. The fourth-order valence-electron chi connectivity index (χ4n) is 4.69. The maximum absolute atomic E-state index is 12.8. The van der Waals surface area contributed by atoms with Crippen LogP contribution in [0.3, 0.4) is 0 Å². The molecule has 1 atom stereocenters. The molecule has 2 aliphatic rings. The van der Waals surface area contributed by atoms with Gasteiger partial charge in [-0.15, -0.1) is 0 Å². The molecular weight excluding hydrogens is 394 g/mol. The van der Waals surface area contributed by atoms with Gasteiger partial charge < -0.3 is 21.1 Å². The van der Waals surface area contributed by atoms with E-state index in [-0.39, 0.29) is 12.3 Å². The van der Waals surface area contributed by atoms with E-state index in [2.05, 4.69) is 22.0 Å². The minimum atomic E-state index is -1.11. The Morgan fingerprint density at radius 1 is 0.968 bits per heavy atom. The molecule has 162 valence electrons. The van der Waals surface area contributed by atoms with Crippen LogP contribution in [0.2, 0.25) is 0 Å². The zero-order chi connectivity index (χ0) is 22.0. The van der Waals surface area contributed by atoms with Crippen molar-refractivity contribution >= 4 is 29.3 Å². The van der Waals surface area contributed by atoms with Gasteiger partial charge in [-0.2, -0.15) is 0 Å². The average molecular weight is 421 g/mol. The molecule has 0 saturated heterocycles. The van der Waals surface area contributed by atoms with Crippen LogP contribution in [0, 0.1) is 0 Å². The molecule has 0 radical (unpaired) electrons. The van der Waals surface area contributed by atoms with Gasteiger partial charge in [0.25, 0.3) is 0 Å². The smallest absolute Gasteiger partial charge is 0.326 e. The van der Waals surface area contributed by atoms with Crippen molar-refractivity contribution in [3.8, 4) is 0 Å². The Labute approximate surface area is 181 Å². The highest BCUT2D eigenvalue weighted by molar-refractivity contribution is 5.94. The van der Waals surface area contributed by atoms with E-state index < -0.39 is 18.0 Å². The lowest BCUT2D eigenvalue weighted by molar-refractivity contribution is -0.139. The fourth-order valence-corrected chi connectivity index (χ4v) is 4.69. The van der Waals surface area contributed by atoms with Crippen molar-refractivity contribution < 1.29 is 19.5 Å². The zero-order valence-corrected chi connectivity index (χ0v) is 17.6. The van der Waals surface area contributed by atoms with Crippen LogP contribution in [0.15, 0.2) is 30.3 Å². The third-order valence-corrected chi connectivity index (χ3v) is 6.00. The number of anilines is 2. The lowest BCUT2D eigenvalue weighted by atomic mass is 9.99. The first-order valence-electron chi connectivity index (χ1n) is 10.7. The van der Waals surface area contributed by atoms with E-state index in [0.29, 0.717) is 11.3 Å². The quantitative estimate of drug-likeness (QED) is 0.573. The van der Waals surface area contributed by atoms with Crippen molar-refractivity contribution in [1.82, 2.24) is 5.32 Å². The van der Waals surface area contributed by atoms with Crippen LogP contribution in [-0.4, -0.2) is 29.1 Å². The Balaban J connectivity index is 1.48. The first kappa shape index (κ1) is 20.9. The van der Waals surface area contributed by atoms with Crippen LogP contribution < -0.4 is 16.0 Å². The zero-order valence-electron chi connectivity index (χ0n) is 17.6. The Bertz CT molecular complexity index is 1020. The molecule has 3 amide bonds. The van der Waals surface area contributed by atoms with Gasteiger partial charge in [0.2, 0.25) is 5.91 Å². The van der Waals surface area contributed by atoms with Gasteiger partial charge in [0, 0.05) is 24.7 Å². The van der Waals surface area contributed by atoms with Gasteiger partial charge in [-0.25, -0.2) is 9.59 Å². The van der Waals surface area contributed by atoms with Crippen molar-refractivity contribution in [2.24, 2.45) is 0 Å². The Morgan fingerprint density at radius 3 is 2.26 bits per heavy atom. The number of hydrogen-bond donors (Lipinski definition) is 4. The summed E-state index contributed by atoms with van der Waals surface area (Å²) >= 11 is 0. The second-order valence-electron chi connectivity index (χ2n) is 8.31. The van der Waals surface area contributed by atoms with Crippen LogP contribution in [0.1, 0.15) is 47.6 Å². The van der Waals surface area contributed by atoms with Gasteiger partial charge in [0.05, 0.1) is 0 Å². The summed E-state index contributed by atoms with van der Waals surface area (Å²) in [7, 11) is 0. The summed E-state index contributed by atoms with van der Waals surface area (Å²) in [6.07, 6.45) is 6.21. The Hall–Kier alpha value is -3.35. The van der Waals surface area contributed by atoms with E-state index in [1.165, 1.54) is 29.2 Å². The molecule has 7 heteroatoms. The second kappa shape index (κ2) is 8.79. The molecule has 7 nitrogen and oxygen atoms in total. The third kappa shape index (κ3) is 4.71. The first-order chi connectivity index (χ1) is 14.9. The summed E-state index contributed by atoms with van der Waals surface area (Å²) in [5, 5.41) is 17.9. The van der Waals surface area contributed by atoms with E-state index in [9.17, 15) is 19.5 Å². The van der Waals surface area contributed by atoms with Crippen LogP contribution >= 0.6 is 0 Å². The number of benzene rings is 2. The van der Waals surface area contributed by atoms with Crippen LogP contribution in [0.5, 0.6) is 0 Å². The molecule has 0 heterocycles. The van der Waals surface area contributed by atoms with Gasteiger partial charge in [-0.3, -0.25) is 4.79 Å². The van der Waals surface area contributed by atoms with Crippen molar-refractivity contribution in [2.45, 2.75) is 57.9 Å². The fraction of sp³-hybridized carbons (Fsp3) is 0.375. The number of rotatable bonds is 6. The number of amides is 3. The molecule has 0 saturated carbocycles. The van der Waals surface area contributed by atoms with Crippen molar-refractivity contribution in [2.75, 3.05) is 10.6 Å². The predicted molar refractivity (Wildman–Crippen MR) is 119 cm³/mol. The summed E-state index contributed by atoms with van der Waals surface area (Å²) < 4.78 is 0. The molecule has 0 aromatic heterocycles. The number of aryl methyl sites for hydroxylation is 2. The van der Waals surface area contributed by atoms with Crippen molar-refractivity contribution in [3.63, 3.8) is 0 Å². The number of fused-ring (bicyclic) bond motifs is 2. The van der Waals surface area contributed by atoms with Gasteiger partial charge in [-0.05, 0) is 78.5 Å². The first-order valence-corrected chi connectivity index (χ1v) is 10.7. The number of carbonyl (C=O) groups is 3. The predicted octanol–water partition coefficient (Wildman–Crippen LogP) is 3.44. The van der Waals surface area contributed by atoms with Gasteiger partial charge in [-0.1, -0.05) is 18.2 Å². The van der Waals surface area contributed by atoms with Crippen molar-refractivity contribution in [3.05, 3.63) is 58.1 Å². The Morgan fingerprint density at radius 2 is 1.65 bits per heavy atom. The monoisotopic (exact) mass is 421 g/mol. The topological polar surface area (TPSA) is 108 Å². The minimum Gasteiger partial charge on any atom is -0.480 e. The number of urea groups is 1. The lowest BCUT2D eigenvalue weighted by Gasteiger charge is -2.19. The van der Waals surface area contributed by atoms with E-state index in [0.717, 1.165) is 44.2 Å². The number of hydrogen-bond acceptors (Lipinski definition) is 3. The van der Waals surface area contributed by atoms with E-state index >= 15 is 0 Å². The largest absolute Gasteiger partial charge is 0.480 e. The Kier molecular flexibility index (Phi) is 5.93. The molecule has 0 unspecified atom stereocenters. The third-order valence-electron chi connectivity index (χ3n) is 6.00. The summed E-state index contributed by atoms with van der Waals surface area (Å²) in [6, 6.07) is 7.67. The summed E-state index contributed by atoms with van der Waals surface area (Å²) in [6.45, 7) is 1.41. The highest BCUT2D eigenvalue weighted by Gasteiger charge is 2.26. The molecule has 31 heavy (non-hydrogen) atoms. The lowest BCUT2D eigenvalue weighted by Crippen LogP contribution is -2.44. The molecule has 2 aliphatic carbocycles. The van der Waals surface area contributed by atoms with Crippen LogP contribution in [0.25, 0.3) is 0 Å². The molecule has 2 aromatic carbocycles. The number of aliphatic carboxylic acids is 1. The molecule has 2 aromatic rings. The molecule has 4 N–H and O–H groups in total. The number of carboxylic acids is 1. The SMILES string of the molecule is CC(=O)Nc1cccc(C[C@@H](NC(=O)Nc2c3c(cc4c2CCC4)CCC3)C(=O)O)c1. The molecule has 0 aliphatic heterocycles. The molecule has 0 bridgehead atoms. The normalized spacial score (nSPS) is 15.0. The molecular formula is C24H27N3O4. The van der Waals surface area contributed by atoms with E-state index in [1.54, 1.807) is 24.3 Å². The highest BCUT2D eigenvalue weighted by Crippen LogP contribution is 2.38. The summed E-state index contributed by atoms with van der Waals surface area (Å²) in [5.74, 6) is -1.31. The maximum Gasteiger partial charge on any atom is 0.326 e. The second-order valence-corrected chi connectivity index (χ2v) is 8.31. The van der Waals surface area contributed by atoms with E-state index in [4.69, 9.17) is 0 Å². The van der Waals surface area contributed by atoms with Crippen molar-refractivity contribution in [1.29, 1.82) is 0 Å². The highest BCUT2D eigenvalue weighted by atomic mass is 16.4. The number of carbonyl (C=O) groups excluding carboxylic acids is 2. The van der Waals surface area contributed by atoms with Gasteiger partial charge in [0.1, 0.15) is 6.04 Å². The van der Waals surface area contributed by atoms with Crippen LogP contribution in [-0.2, 0) is 41.7 Å². The van der Waals surface area contributed by atoms with Crippen LogP contribution in [0.4, 0.5) is 16.2 Å². The summed E-state index contributed by atoms with van der Waals surface area (Å²) in [5.41, 5.74) is 7.20. The maximum atomic E-state index is 12.8.